The standard InChI is InChI=1S/C23H23N3O3/c1-29-19-12-10-18(11-13-19)16-25-23(28)21-9-5-8-20(26-21)22(27)24-15-14-17-6-3-2-4-7-17/h2-13H,14-16H2,1H3,(H,24,27)(H,25,28). The molecule has 6 heteroatoms. The van der Waals surface area contributed by atoms with Gasteiger partial charge in [0.05, 0.1) is 7.11 Å². The fourth-order valence-electron chi connectivity index (χ4n) is 2.76. The molecule has 0 aliphatic heterocycles. The van der Waals surface area contributed by atoms with E-state index in [9.17, 15) is 9.59 Å². The second-order valence-electron chi connectivity index (χ2n) is 6.43. The highest BCUT2D eigenvalue weighted by Crippen LogP contribution is 2.11. The molecule has 2 amide bonds. The van der Waals surface area contributed by atoms with Crippen LogP contribution in [0.1, 0.15) is 32.1 Å². The maximum atomic E-state index is 12.4. The van der Waals surface area contributed by atoms with Crippen LogP contribution in [0.2, 0.25) is 0 Å². The Labute approximate surface area is 169 Å². The van der Waals surface area contributed by atoms with Gasteiger partial charge in [-0.2, -0.15) is 0 Å². The van der Waals surface area contributed by atoms with Crippen molar-refractivity contribution in [2.24, 2.45) is 0 Å². The Balaban J connectivity index is 1.53. The zero-order valence-electron chi connectivity index (χ0n) is 16.2. The number of aromatic nitrogens is 1. The Morgan fingerprint density at radius 3 is 2.10 bits per heavy atom. The number of benzene rings is 2. The van der Waals surface area contributed by atoms with E-state index in [1.165, 1.54) is 0 Å². The van der Waals surface area contributed by atoms with Crippen LogP contribution >= 0.6 is 0 Å². The van der Waals surface area contributed by atoms with Crippen molar-refractivity contribution < 1.29 is 14.3 Å². The number of pyridine rings is 1. The largest absolute Gasteiger partial charge is 0.497 e. The van der Waals surface area contributed by atoms with E-state index in [-0.39, 0.29) is 23.2 Å². The van der Waals surface area contributed by atoms with Crippen molar-refractivity contribution >= 4 is 11.8 Å². The van der Waals surface area contributed by atoms with Crippen molar-refractivity contribution in [2.75, 3.05) is 13.7 Å². The molecule has 0 fully saturated rings. The van der Waals surface area contributed by atoms with Crippen LogP contribution in [0.5, 0.6) is 5.75 Å². The molecule has 0 bridgehead atoms. The van der Waals surface area contributed by atoms with Gasteiger partial charge in [0, 0.05) is 13.1 Å². The summed E-state index contributed by atoms with van der Waals surface area (Å²) in [5.41, 5.74) is 2.51. The SMILES string of the molecule is COc1ccc(CNC(=O)c2cccc(C(=O)NCCc3ccccc3)n2)cc1. The maximum absolute atomic E-state index is 12.4. The molecule has 0 aliphatic rings. The summed E-state index contributed by atoms with van der Waals surface area (Å²) in [5, 5.41) is 5.65. The number of methoxy groups -OCH3 is 1. The molecule has 29 heavy (non-hydrogen) atoms. The van der Waals surface area contributed by atoms with Crippen molar-refractivity contribution in [1.29, 1.82) is 0 Å². The van der Waals surface area contributed by atoms with Gasteiger partial charge in [-0.3, -0.25) is 9.59 Å². The third-order valence-electron chi connectivity index (χ3n) is 4.37. The number of hydrogen-bond donors (Lipinski definition) is 2. The monoisotopic (exact) mass is 389 g/mol. The molecule has 0 saturated heterocycles. The highest BCUT2D eigenvalue weighted by molar-refractivity contribution is 5.96. The van der Waals surface area contributed by atoms with Crippen molar-refractivity contribution in [2.45, 2.75) is 13.0 Å². The van der Waals surface area contributed by atoms with Crippen LogP contribution in [0.15, 0.2) is 72.8 Å². The Morgan fingerprint density at radius 1 is 0.793 bits per heavy atom. The summed E-state index contributed by atoms with van der Waals surface area (Å²) in [6.07, 6.45) is 0.731. The van der Waals surface area contributed by atoms with E-state index in [0.29, 0.717) is 13.1 Å². The third kappa shape index (κ3) is 5.90. The van der Waals surface area contributed by atoms with E-state index in [1.54, 1.807) is 25.3 Å². The van der Waals surface area contributed by atoms with E-state index in [0.717, 1.165) is 23.3 Å². The van der Waals surface area contributed by atoms with Crippen molar-refractivity contribution in [1.82, 2.24) is 15.6 Å². The number of ether oxygens (including phenoxy) is 1. The second-order valence-corrected chi connectivity index (χ2v) is 6.43. The molecule has 2 N–H and O–H groups in total. The fourth-order valence-corrected chi connectivity index (χ4v) is 2.76. The van der Waals surface area contributed by atoms with Gasteiger partial charge in [0.1, 0.15) is 17.1 Å². The quantitative estimate of drug-likeness (QED) is 0.621. The van der Waals surface area contributed by atoms with Crippen molar-refractivity contribution in [3.8, 4) is 5.75 Å². The van der Waals surface area contributed by atoms with Gasteiger partial charge in [0.15, 0.2) is 0 Å². The predicted octanol–water partition coefficient (Wildman–Crippen LogP) is 2.99. The van der Waals surface area contributed by atoms with Crippen molar-refractivity contribution in [3.05, 3.63) is 95.3 Å². The normalized spacial score (nSPS) is 10.2. The summed E-state index contributed by atoms with van der Waals surface area (Å²) >= 11 is 0. The Kier molecular flexibility index (Phi) is 6.95. The second kappa shape index (κ2) is 10.0. The maximum Gasteiger partial charge on any atom is 0.270 e. The number of hydrogen-bond acceptors (Lipinski definition) is 4. The Bertz CT molecular complexity index is 957. The van der Waals surface area contributed by atoms with E-state index in [4.69, 9.17) is 4.74 Å². The predicted molar refractivity (Wildman–Crippen MR) is 111 cm³/mol. The summed E-state index contributed by atoms with van der Waals surface area (Å²) in [4.78, 5) is 28.9. The van der Waals surface area contributed by atoms with Crippen LogP contribution in [0, 0.1) is 0 Å². The molecule has 0 atom stereocenters. The third-order valence-corrected chi connectivity index (χ3v) is 4.37. The molecular formula is C23H23N3O3. The number of amides is 2. The lowest BCUT2D eigenvalue weighted by molar-refractivity contribution is 0.0943. The number of nitrogens with zero attached hydrogens (tertiary/aromatic N) is 1. The van der Waals surface area contributed by atoms with Gasteiger partial charge in [-0.25, -0.2) is 4.98 Å². The smallest absolute Gasteiger partial charge is 0.270 e. The van der Waals surface area contributed by atoms with Crippen LogP contribution in [0.3, 0.4) is 0 Å². The summed E-state index contributed by atoms with van der Waals surface area (Å²) in [6.45, 7) is 0.858. The Hall–Kier alpha value is -3.67. The topological polar surface area (TPSA) is 80.3 Å². The molecule has 3 rings (SSSR count). The fraction of sp³-hybridized carbons (Fsp3) is 0.174. The van der Waals surface area contributed by atoms with Crippen LogP contribution < -0.4 is 15.4 Å². The molecule has 0 saturated carbocycles. The van der Waals surface area contributed by atoms with E-state index < -0.39 is 0 Å². The molecule has 0 spiro atoms. The van der Waals surface area contributed by atoms with E-state index in [1.807, 2.05) is 54.6 Å². The molecule has 0 unspecified atom stereocenters. The number of nitrogens with one attached hydrogen (secondary N) is 2. The molecule has 0 aliphatic carbocycles. The highest BCUT2D eigenvalue weighted by Gasteiger charge is 2.12. The molecule has 148 valence electrons. The minimum Gasteiger partial charge on any atom is -0.497 e. The van der Waals surface area contributed by atoms with Gasteiger partial charge in [0.25, 0.3) is 11.8 Å². The summed E-state index contributed by atoms with van der Waals surface area (Å²) in [7, 11) is 1.60. The first kappa shape index (κ1) is 20.1. The van der Waals surface area contributed by atoms with Crippen LogP contribution in [-0.4, -0.2) is 30.5 Å². The lowest BCUT2D eigenvalue weighted by Gasteiger charge is -2.08. The zero-order valence-corrected chi connectivity index (χ0v) is 16.2. The number of rotatable bonds is 8. The molecule has 1 heterocycles. The van der Waals surface area contributed by atoms with Gasteiger partial charge in [-0.05, 0) is 41.8 Å². The minimum atomic E-state index is -0.334. The Morgan fingerprint density at radius 2 is 1.45 bits per heavy atom. The molecule has 0 radical (unpaired) electrons. The van der Waals surface area contributed by atoms with Gasteiger partial charge < -0.3 is 15.4 Å². The highest BCUT2D eigenvalue weighted by atomic mass is 16.5. The van der Waals surface area contributed by atoms with Gasteiger partial charge in [-0.1, -0.05) is 48.5 Å². The zero-order chi connectivity index (χ0) is 20.5. The molecule has 2 aromatic carbocycles. The summed E-state index contributed by atoms with van der Waals surface area (Å²) in [5.74, 6) is 0.123. The van der Waals surface area contributed by atoms with E-state index in [2.05, 4.69) is 15.6 Å². The molecule has 6 nitrogen and oxygen atoms in total. The summed E-state index contributed by atoms with van der Waals surface area (Å²) in [6, 6.07) is 22.2. The molecule has 3 aromatic rings. The van der Waals surface area contributed by atoms with Gasteiger partial charge in [-0.15, -0.1) is 0 Å². The molecular weight excluding hydrogens is 366 g/mol. The van der Waals surface area contributed by atoms with Crippen LogP contribution in [0.25, 0.3) is 0 Å². The average molecular weight is 389 g/mol. The van der Waals surface area contributed by atoms with Gasteiger partial charge >= 0.3 is 0 Å². The first-order chi connectivity index (χ1) is 14.2. The first-order valence-corrected chi connectivity index (χ1v) is 9.36. The number of carbonyl (C=O) groups excluding carboxylic acids is 2. The van der Waals surface area contributed by atoms with Crippen LogP contribution in [0.4, 0.5) is 0 Å². The van der Waals surface area contributed by atoms with Crippen molar-refractivity contribution in [3.63, 3.8) is 0 Å². The number of carbonyl (C=O) groups is 2. The molecule has 1 aromatic heterocycles. The average Bonchev–Trinajstić information content (AvgIpc) is 2.78. The van der Waals surface area contributed by atoms with Crippen LogP contribution in [-0.2, 0) is 13.0 Å². The first-order valence-electron chi connectivity index (χ1n) is 9.36. The minimum absolute atomic E-state index is 0.203. The lowest BCUT2D eigenvalue weighted by Crippen LogP contribution is -2.28. The van der Waals surface area contributed by atoms with Gasteiger partial charge in [0.2, 0.25) is 0 Å². The van der Waals surface area contributed by atoms with E-state index >= 15 is 0 Å². The summed E-state index contributed by atoms with van der Waals surface area (Å²) < 4.78 is 5.12. The lowest BCUT2D eigenvalue weighted by atomic mass is 10.1.